The normalized spacial score (nSPS) is 10.9. The Kier molecular flexibility index (Phi) is 6.29. The molecule has 3 heterocycles. The number of hydrogen-bond acceptors (Lipinski definition) is 6. The number of fused-ring (bicyclic) bond motifs is 1. The minimum atomic E-state index is -0.841. The van der Waals surface area contributed by atoms with Gasteiger partial charge in [0.05, 0.1) is 12.6 Å². The zero-order chi connectivity index (χ0) is 25.9. The molecular formula is C25H19F2N7O3. The van der Waals surface area contributed by atoms with Gasteiger partial charge >= 0.3 is 6.03 Å². The van der Waals surface area contributed by atoms with Gasteiger partial charge in [-0.15, -0.1) is 0 Å². The lowest BCUT2D eigenvalue weighted by Crippen LogP contribution is -2.35. The molecule has 0 fully saturated rings. The van der Waals surface area contributed by atoms with E-state index in [9.17, 15) is 18.4 Å². The Morgan fingerprint density at radius 2 is 1.86 bits per heavy atom. The molecule has 37 heavy (non-hydrogen) atoms. The molecule has 3 amide bonds. The lowest BCUT2D eigenvalue weighted by atomic mass is 10.1. The molecule has 0 spiro atoms. The second kappa shape index (κ2) is 9.85. The molecule has 5 rings (SSSR count). The number of benzene rings is 2. The van der Waals surface area contributed by atoms with Crippen LogP contribution in [0.2, 0.25) is 0 Å². The molecule has 0 saturated heterocycles. The molecule has 10 nitrogen and oxygen atoms in total. The summed E-state index contributed by atoms with van der Waals surface area (Å²) in [6, 6.07) is 10.1. The highest BCUT2D eigenvalue weighted by molar-refractivity contribution is 6.01. The third kappa shape index (κ3) is 5.27. The van der Waals surface area contributed by atoms with E-state index in [0.717, 1.165) is 17.2 Å². The highest BCUT2D eigenvalue weighted by Gasteiger charge is 2.17. The molecule has 2 N–H and O–H groups in total. The molecule has 0 unspecified atom stereocenters. The lowest BCUT2D eigenvalue weighted by molar-refractivity contribution is -0.119. The van der Waals surface area contributed by atoms with Gasteiger partial charge in [0.15, 0.2) is 11.6 Å². The third-order valence-electron chi connectivity index (χ3n) is 5.36. The Hall–Kier alpha value is -5.13. The van der Waals surface area contributed by atoms with Crippen LogP contribution in [0, 0.1) is 11.6 Å². The number of nitrogens with zero attached hydrogens (tertiary/aromatic N) is 5. The van der Waals surface area contributed by atoms with Gasteiger partial charge in [-0.1, -0.05) is 12.1 Å². The van der Waals surface area contributed by atoms with Crippen molar-refractivity contribution in [3.63, 3.8) is 0 Å². The molecule has 5 aromatic rings. The predicted molar refractivity (Wildman–Crippen MR) is 129 cm³/mol. The molecule has 3 aromatic heterocycles. The van der Waals surface area contributed by atoms with Gasteiger partial charge in [0.1, 0.15) is 17.7 Å². The molecule has 186 valence electrons. The summed E-state index contributed by atoms with van der Waals surface area (Å²) in [4.78, 5) is 28.4. The van der Waals surface area contributed by atoms with Crippen LogP contribution < -0.4 is 15.4 Å². The Labute approximate surface area is 208 Å². The summed E-state index contributed by atoms with van der Waals surface area (Å²) in [5.41, 5.74) is 2.72. The molecule has 0 aliphatic heterocycles. The average Bonchev–Trinajstić information content (AvgIpc) is 3.48. The first kappa shape index (κ1) is 23.6. The standard InChI is InChI=1S/C25H19F2N7O3/c1-33-13-16(12-29-33)19-8-9-34-23(19)24(28-14-30-34)37-21-7-6-18(11-20(21)27)31-25(36)32-22(35)10-15-2-4-17(26)5-3-15/h2-9,11-14H,10H2,1H3,(H2,31,32,35,36). The van der Waals surface area contributed by atoms with Gasteiger partial charge in [-0.25, -0.2) is 18.1 Å². The number of urea groups is 1. The fraction of sp³-hybridized carbons (Fsp3) is 0.0800. The molecule has 2 aromatic carbocycles. The molecule has 0 atom stereocenters. The van der Waals surface area contributed by atoms with Gasteiger partial charge < -0.3 is 10.1 Å². The molecule has 0 radical (unpaired) electrons. The number of rotatable bonds is 6. The minimum Gasteiger partial charge on any atom is -0.434 e. The van der Waals surface area contributed by atoms with E-state index in [0.29, 0.717) is 11.1 Å². The second-order valence-corrected chi connectivity index (χ2v) is 8.04. The molecule has 12 heteroatoms. The van der Waals surface area contributed by atoms with Gasteiger partial charge in [-0.05, 0) is 35.9 Å². The first-order valence-corrected chi connectivity index (χ1v) is 11.0. The number of hydrogen-bond donors (Lipinski definition) is 2. The van der Waals surface area contributed by atoms with E-state index in [-0.39, 0.29) is 23.7 Å². The van der Waals surface area contributed by atoms with Crippen LogP contribution in [0.25, 0.3) is 16.6 Å². The van der Waals surface area contributed by atoms with Crippen LogP contribution in [0.4, 0.5) is 19.3 Å². The van der Waals surface area contributed by atoms with E-state index in [4.69, 9.17) is 4.74 Å². The molecule has 0 aliphatic carbocycles. The number of nitrogens with one attached hydrogen (secondary N) is 2. The molecule has 0 bridgehead atoms. The minimum absolute atomic E-state index is 0.100. The number of amides is 3. The first-order valence-electron chi connectivity index (χ1n) is 11.0. The second-order valence-electron chi connectivity index (χ2n) is 8.04. The largest absolute Gasteiger partial charge is 0.434 e. The van der Waals surface area contributed by atoms with E-state index < -0.39 is 23.6 Å². The molecular weight excluding hydrogens is 484 g/mol. The van der Waals surface area contributed by atoms with E-state index in [1.54, 1.807) is 28.6 Å². The number of carbonyl (C=O) groups is 2. The van der Waals surface area contributed by atoms with Crippen molar-refractivity contribution in [3.8, 4) is 22.8 Å². The molecule has 0 saturated carbocycles. The summed E-state index contributed by atoms with van der Waals surface area (Å²) in [6.07, 6.45) is 6.40. The van der Waals surface area contributed by atoms with E-state index in [1.165, 1.54) is 42.7 Å². The third-order valence-corrected chi connectivity index (χ3v) is 5.36. The lowest BCUT2D eigenvalue weighted by Gasteiger charge is -2.11. The maximum absolute atomic E-state index is 14.9. The number of imide groups is 1. The highest BCUT2D eigenvalue weighted by Crippen LogP contribution is 2.33. The first-order chi connectivity index (χ1) is 17.9. The van der Waals surface area contributed by atoms with Gasteiger partial charge in [0.2, 0.25) is 11.8 Å². The Morgan fingerprint density at radius 3 is 2.59 bits per heavy atom. The SMILES string of the molecule is Cn1cc(-c2ccn3ncnc(Oc4ccc(NC(=O)NC(=O)Cc5ccc(F)cc5)cc4F)c23)cn1. The predicted octanol–water partition coefficient (Wildman–Crippen LogP) is 4.09. The van der Waals surface area contributed by atoms with Gasteiger partial charge in [-0.3, -0.25) is 14.8 Å². The van der Waals surface area contributed by atoms with E-state index in [2.05, 4.69) is 25.8 Å². The van der Waals surface area contributed by atoms with Crippen molar-refractivity contribution in [2.24, 2.45) is 7.05 Å². The number of anilines is 1. The number of aryl methyl sites for hydroxylation is 1. The maximum Gasteiger partial charge on any atom is 0.325 e. The average molecular weight is 503 g/mol. The van der Waals surface area contributed by atoms with Crippen molar-refractivity contribution in [1.82, 2.24) is 29.7 Å². The van der Waals surface area contributed by atoms with E-state index in [1.807, 2.05) is 12.3 Å². The fourth-order valence-electron chi connectivity index (χ4n) is 3.68. The number of carbonyl (C=O) groups excluding carboxylic acids is 2. The summed E-state index contributed by atoms with van der Waals surface area (Å²) in [6.45, 7) is 0. The van der Waals surface area contributed by atoms with Crippen molar-refractivity contribution < 1.29 is 23.1 Å². The Bertz CT molecular complexity index is 1610. The van der Waals surface area contributed by atoms with Crippen molar-refractivity contribution in [2.75, 3.05) is 5.32 Å². The Balaban J connectivity index is 1.28. The maximum atomic E-state index is 14.9. The number of aromatic nitrogens is 5. The number of ether oxygens (including phenoxy) is 1. The van der Waals surface area contributed by atoms with Crippen LogP contribution >= 0.6 is 0 Å². The van der Waals surface area contributed by atoms with Crippen molar-refractivity contribution in [1.29, 1.82) is 0 Å². The van der Waals surface area contributed by atoms with Crippen LogP contribution in [0.5, 0.6) is 11.6 Å². The van der Waals surface area contributed by atoms with Crippen LogP contribution in [0.1, 0.15) is 5.56 Å². The Morgan fingerprint density at radius 1 is 1.05 bits per heavy atom. The van der Waals surface area contributed by atoms with Crippen molar-refractivity contribution in [2.45, 2.75) is 6.42 Å². The topological polar surface area (TPSA) is 115 Å². The van der Waals surface area contributed by atoms with Crippen LogP contribution in [0.15, 0.2) is 73.4 Å². The smallest absolute Gasteiger partial charge is 0.325 e. The zero-order valence-electron chi connectivity index (χ0n) is 19.4. The van der Waals surface area contributed by atoms with Crippen LogP contribution in [-0.2, 0) is 18.3 Å². The quantitative estimate of drug-likeness (QED) is 0.361. The fourth-order valence-corrected chi connectivity index (χ4v) is 3.68. The number of halogens is 2. The van der Waals surface area contributed by atoms with Crippen molar-refractivity contribution >= 4 is 23.1 Å². The zero-order valence-corrected chi connectivity index (χ0v) is 19.4. The summed E-state index contributed by atoms with van der Waals surface area (Å²) >= 11 is 0. The summed E-state index contributed by atoms with van der Waals surface area (Å²) in [5, 5.41) is 12.9. The summed E-state index contributed by atoms with van der Waals surface area (Å²) in [7, 11) is 1.79. The van der Waals surface area contributed by atoms with Crippen LogP contribution in [-0.4, -0.2) is 36.3 Å². The van der Waals surface area contributed by atoms with Crippen LogP contribution in [0.3, 0.4) is 0 Å². The van der Waals surface area contributed by atoms with E-state index >= 15 is 0 Å². The van der Waals surface area contributed by atoms with Crippen molar-refractivity contribution in [3.05, 3.63) is 90.6 Å². The summed E-state index contributed by atoms with van der Waals surface area (Å²) in [5.74, 6) is -1.79. The van der Waals surface area contributed by atoms with Gasteiger partial charge in [0, 0.05) is 42.3 Å². The monoisotopic (exact) mass is 503 g/mol. The summed E-state index contributed by atoms with van der Waals surface area (Å²) < 4.78 is 36.8. The highest BCUT2D eigenvalue weighted by atomic mass is 19.1. The molecule has 0 aliphatic rings. The van der Waals surface area contributed by atoms with Gasteiger partial charge in [0.25, 0.3) is 0 Å². The van der Waals surface area contributed by atoms with Gasteiger partial charge in [-0.2, -0.15) is 15.2 Å².